The first-order chi connectivity index (χ1) is 21.6. The summed E-state index contributed by atoms with van der Waals surface area (Å²) in [6.07, 6.45) is 47.8. The minimum atomic E-state index is -0.674. The van der Waals surface area contributed by atoms with Crippen LogP contribution in [-0.4, -0.2) is 23.1 Å². The van der Waals surface area contributed by atoms with E-state index < -0.39 is 5.97 Å². The topological polar surface area (TPSA) is 63.6 Å². The quantitative estimate of drug-likeness (QED) is 0.0454. The Kier molecular flexibility index (Phi) is 33.7. The van der Waals surface area contributed by atoms with Crippen LogP contribution in [0.4, 0.5) is 0 Å². The summed E-state index contributed by atoms with van der Waals surface area (Å²) in [7, 11) is 0. The summed E-state index contributed by atoms with van der Waals surface area (Å²) >= 11 is 0. The molecule has 0 saturated carbocycles. The highest BCUT2D eigenvalue weighted by molar-refractivity contribution is 5.69. The number of ether oxygens (including phenoxy) is 1. The van der Waals surface area contributed by atoms with Gasteiger partial charge in [0.2, 0.25) is 0 Å². The smallest absolute Gasteiger partial charge is 0.306 e. The number of carbonyl (C=O) groups is 2. The van der Waals surface area contributed by atoms with E-state index in [0.717, 1.165) is 77.0 Å². The predicted octanol–water partition coefficient (Wildman–Crippen LogP) is 12.8. The molecule has 1 N–H and O–H groups in total. The average molecular weight is 615 g/mol. The number of esters is 1. The fraction of sp³-hybridized carbons (Fsp3) is 0.750. The first kappa shape index (κ1) is 41.9. The Bertz CT molecular complexity index is 748. The van der Waals surface area contributed by atoms with Crippen LogP contribution in [0.25, 0.3) is 0 Å². The third-order valence-electron chi connectivity index (χ3n) is 8.13. The summed E-state index contributed by atoms with van der Waals surface area (Å²) in [6, 6.07) is 0. The lowest BCUT2D eigenvalue weighted by Gasteiger charge is -2.16. The molecule has 0 aromatic carbocycles. The number of hydrogen-bond acceptors (Lipinski definition) is 3. The van der Waals surface area contributed by atoms with Gasteiger partial charge in [-0.2, -0.15) is 0 Å². The van der Waals surface area contributed by atoms with E-state index in [1.165, 1.54) is 83.5 Å². The number of unbranched alkanes of at least 4 members (excludes halogenated alkanes) is 17. The standard InChI is InChI=1S/C40H70O4/c1-3-5-6-7-8-9-10-11-12-13-14-15-16-17-22-25-28-31-34-37-40(43)44-38(4-2)35-32-29-26-23-20-18-19-21-24-27-30-33-36-39(41)42/h8-9,11-12,14-15,17,22,38H,3-7,10,13,16,18-21,23-37H2,1-2H3,(H,41,42)/b9-8-,12-11-,15-14-,22-17-. The van der Waals surface area contributed by atoms with E-state index in [2.05, 4.69) is 62.5 Å². The highest BCUT2D eigenvalue weighted by Gasteiger charge is 2.12. The van der Waals surface area contributed by atoms with Gasteiger partial charge in [0.25, 0.3) is 0 Å². The minimum absolute atomic E-state index is 0.0172. The molecule has 4 heteroatoms. The molecule has 0 aromatic rings. The highest BCUT2D eigenvalue weighted by Crippen LogP contribution is 2.16. The van der Waals surface area contributed by atoms with Gasteiger partial charge in [-0.05, 0) is 77.0 Å². The molecule has 0 aliphatic rings. The minimum Gasteiger partial charge on any atom is -0.481 e. The van der Waals surface area contributed by atoms with Crippen molar-refractivity contribution in [3.05, 3.63) is 48.6 Å². The van der Waals surface area contributed by atoms with Gasteiger partial charge < -0.3 is 9.84 Å². The van der Waals surface area contributed by atoms with Crippen LogP contribution >= 0.6 is 0 Å². The van der Waals surface area contributed by atoms with Crippen molar-refractivity contribution < 1.29 is 19.4 Å². The number of hydrogen-bond donors (Lipinski definition) is 1. The van der Waals surface area contributed by atoms with Gasteiger partial charge in [0.15, 0.2) is 0 Å². The number of aliphatic carboxylic acids is 1. The second kappa shape index (κ2) is 35.4. The third-order valence-corrected chi connectivity index (χ3v) is 8.13. The molecule has 0 spiro atoms. The van der Waals surface area contributed by atoms with Crippen molar-refractivity contribution in [2.24, 2.45) is 0 Å². The van der Waals surface area contributed by atoms with Crippen LogP contribution in [0.1, 0.15) is 187 Å². The molecule has 0 aliphatic carbocycles. The molecule has 0 rings (SSSR count). The Balaban J connectivity index is 3.55. The Morgan fingerprint density at radius 1 is 0.523 bits per heavy atom. The second-order valence-electron chi connectivity index (χ2n) is 12.4. The lowest BCUT2D eigenvalue weighted by molar-refractivity contribution is -0.149. The van der Waals surface area contributed by atoms with Crippen molar-refractivity contribution in [1.82, 2.24) is 0 Å². The van der Waals surface area contributed by atoms with Crippen LogP contribution < -0.4 is 0 Å². The van der Waals surface area contributed by atoms with Crippen LogP contribution in [0.5, 0.6) is 0 Å². The van der Waals surface area contributed by atoms with E-state index in [9.17, 15) is 9.59 Å². The molecule has 1 unspecified atom stereocenters. The first-order valence-electron chi connectivity index (χ1n) is 18.6. The van der Waals surface area contributed by atoms with Gasteiger partial charge in [-0.1, -0.05) is 146 Å². The van der Waals surface area contributed by atoms with Gasteiger partial charge >= 0.3 is 11.9 Å². The molecule has 0 fully saturated rings. The van der Waals surface area contributed by atoms with E-state index in [4.69, 9.17) is 9.84 Å². The van der Waals surface area contributed by atoms with E-state index >= 15 is 0 Å². The van der Waals surface area contributed by atoms with Gasteiger partial charge in [-0.25, -0.2) is 0 Å². The van der Waals surface area contributed by atoms with Crippen LogP contribution in [0.3, 0.4) is 0 Å². The summed E-state index contributed by atoms with van der Waals surface area (Å²) in [5.41, 5.74) is 0. The molecule has 0 bridgehead atoms. The van der Waals surface area contributed by atoms with Crippen molar-refractivity contribution >= 4 is 11.9 Å². The number of carbonyl (C=O) groups excluding carboxylic acids is 1. The van der Waals surface area contributed by atoms with Crippen molar-refractivity contribution in [2.75, 3.05) is 0 Å². The second-order valence-corrected chi connectivity index (χ2v) is 12.4. The summed E-state index contributed by atoms with van der Waals surface area (Å²) in [5, 5.41) is 8.65. The average Bonchev–Trinajstić information content (AvgIpc) is 3.01. The van der Waals surface area contributed by atoms with Gasteiger partial charge in [0.1, 0.15) is 6.10 Å². The third kappa shape index (κ3) is 34.4. The normalized spacial score (nSPS) is 12.8. The zero-order chi connectivity index (χ0) is 32.2. The van der Waals surface area contributed by atoms with Crippen molar-refractivity contribution in [1.29, 1.82) is 0 Å². The first-order valence-corrected chi connectivity index (χ1v) is 18.6. The van der Waals surface area contributed by atoms with Crippen molar-refractivity contribution in [2.45, 2.75) is 193 Å². The molecule has 4 nitrogen and oxygen atoms in total. The van der Waals surface area contributed by atoms with E-state index in [-0.39, 0.29) is 12.1 Å². The van der Waals surface area contributed by atoms with Crippen molar-refractivity contribution in [3.8, 4) is 0 Å². The number of rotatable bonds is 33. The van der Waals surface area contributed by atoms with Crippen LogP contribution in [0, 0.1) is 0 Å². The molecule has 0 aliphatic heterocycles. The van der Waals surface area contributed by atoms with Gasteiger partial charge in [0.05, 0.1) is 0 Å². The number of carboxylic acid groups (broad SMARTS) is 1. The summed E-state index contributed by atoms with van der Waals surface area (Å²) < 4.78 is 5.76. The van der Waals surface area contributed by atoms with E-state index in [1.54, 1.807) is 0 Å². The number of carboxylic acids is 1. The SMILES string of the molecule is CCCCC/C=C\C/C=C\C/C=C\C/C=C\CCCCCC(=O)OC(CC)CCCCCCCCCCCCCCC(=O)O. The molecule has 1 atom stereocenters. The molecule has 44 heavy (non-hydrogen) atoms. The molecule has 0 radical (unpaired) electrons. The maximum atomic E-state index is 12.3. The summed E-state index contributed by atoms with van der Waals surface area (Å²) in [4.78, 5) is 22.8. The monoisotopic (exact) mass is 615 g/mol. The zero-order valence-electron chi connectivity index (χ0n) is 29.0. The molecular formula is C40H70O4. The van der Waals surface area contributed by atoms with Crippen LogP contribution in [-0.2, 0) is 14.3 Å². The summed E-state index contributed by atoms with van der Waals surface area (Å²) in [5.74, 6) is -0.691. The van der Waals surface area contributed by atoms with E-state index in [0.29, 0.717) is 12.8 Å². The maximum absolute atomic E-state index is 12.3. The zero-order valence-corrected chi connectivity index (χ0v) is 29.0. The Morgan fingerprint density at radius 3 is 1.41 bits per heavy atom. The molecule has 0 saturated heterocycles. The van der Waals surface area contributed by atoms with Crippen molar-refractivity contribution in [3.63, 3.8) is 0 Å². The Labute approximate surface area is 272 Å². The lowest BCUT2D eigenvalue weighted by Crippen LogP contribution is -2.17. The molecule has 254 valence electrons. The molecule has 0 heterocycles. The maximum Gasteiger partial charge on any atom is 0.306 e. The summed E-state index contributed by atoms with van der Waals surface area (Å²) in [6.45, 7) is 4.37. The van der Waals surface area contributed by atoms with Gasteiger partial charge in [-0.15, -0.1) is 0 Å². The lowest BCUT2D eigenvalue weighted by atomic mass is 10.0. The van der Waals surface area contributed by atoms with E-state index in [1.807, 2.05) is 0 Å². The van der Waals surface area contributed by atoms with Crippen LogP contribution in [0.2, 0.25) is 0 Å². The largest absolute Gasteiger partial charge is 0.481 e. The Hall–Kier alpha value is -2.10. The fourth-order valence-electron chi connectivity index (χ4n) is 5.28. The van der Waals surface area contributed by atoms with Crippen LogP contribution in [0.15, 0.2) is 48.6 Å². The predicted molar refractivity (Wildman–Crippen MR) is 190 cm³/mol. The Morgan fingerprint density at radius 2 is 0.932 bits per heavy atom. The highest BCUT2D eigenvalue weighted by atomic mass is 16.5. The van der Waals surface area contributed by atoms with Gasteiger partial charge in [-0.3, -0.25) is 9.59 Å². The fourth-order valence-corrected chi connectivity index (χ4v) is 5.28. The molecule has 0 aromatic heterocycles. The number of allylic oxidation sites excluding steroid dienone is 8. The van der Waals surface area contributed by atoms with Gasteiger partial charge in [0, 0.05) is 12.8 Å². The molecule has 0 amide bonds. The molecular weight excluding hydrogens is 544 g/mol.